The predicted molar refractivity (Wildman–Crippen MR) is 140 cm³/mol. The highest BCUT2D eigenvalue weighted by molar-refractivity contribution is 6.04. The van der Waals surface area contributed by atoms with Gasteiger partial charge in [-0.2, -0.15) is 4.98 Å². The molecule has 0 unspecified atom stereocenters. The van der Waals surface area contributed by atoms with Crippen LogP contribution in [0.25, 0.3) is 17.1 Å². The number of amides is 1. The van der Waals surface area contributed by atoms with Crippen LogP contribution < -0.4 is 10.1 Å². The molecule has 4 rings (SSSR count). The second kappa shape index (κ2) is 11.0. The molecule has 0 radical (unpaired) electrons. The van der Waals surface area contributed by atoms with E-state index in [4.69, 9.17) is 4.74 Å². The highest BCUT2D eigenvalue weighted by Crippen LogP contribution is 2.27. The van der Waals surface area contributed by atoms with Crippen molar-refractivity contribution >= 4 is 11.6 Å². The summed E-state index contributed by atoms with van der Waals surface area (Å²) in [5.74, 6) is 0.576. The van der Waals surface area contributed by atoms with E-state index < -0.39 is 0 Å². The molecule has 1 amide bonds. The Labute approximate surface area is 207 Å². The second-order valence-electron chi connectivity index (χ2n) is 8.91. The van der Waals surface area contributed by atoms with Gasteiger partial charge < -0.3 is 10.1 Å². The van der Waals surface area contributed by atoms with Crippen LogP contribution in [-0.2, 0) is 6.42 Å². The lowest BCUT2D eigenvalue weighted by atomic mass is 10.1. The van der Waals surface area contributed by atoms with Gasteiger partial charge in [0.05, 0.1) is 11.8 Å². The Balaban J connectivity index is 1.55. The standard InChI is InChI=1S/C29H32N4O2/c1-5-6-10-22-12-14-23(15-13-22)28(34)30-24-16-18-25(19-17-24)33-27(26-11-8-7-9-21(26)4)31-29(32-33)35-20(2)3/h7-9,11-20H,5-6,10H2,1-4H3,(H,30,34). The molecule has 3 aromatic carbocycles. The van der Waals surface area contributed by atoms with Crippen LogP contribution in [0.4, 0.5) is 5.69 Å². The molecule has 35 heavy (non-hydrogen) atoms. The number of benzene rings is 3. The molecule has 0 aliphatic carbocycles. The third-order valence-electron chi connectivity index (χ3n) is 5.72. The van der Waals surface area contributed by atoms with Crippen molar-refractivity contribution < 1.29 is 9.53 Å². The normalized spacial score (nSPS) is 11.0. The summed E-state index contributed by atoms with van der Waals surface area (Å²) in [5, 5.41) is 7.58. The van der Waals surface area contributed by atoms with Crippen LogP contribution in [0.3, 0.4) is 0 Å². The first-order valence-corrected chi connectivity index (χ1v) is 12.1. The molecule has 0 fully saturated rings. The highest BCUT2D eigenvalue weighted by Gasteiger charge is 2.17. The fourth-order valence-electron chi connectivity index (χ4n) is 3.83. The summed E-state index contributed by atoms with van der Waals surface area (Å²) in [5.41, 5.74) is 5.52. The van der Waals surface area contributed by atoms with E-state index in [2.05, 4.69) is 22.3 Å². The number of ether oxygens (including phenoxy) is 1. The lowest BCUT2D eigenvalue weighted by Gasteiger charge is -2.10. The summed E-state index contributed by atoms with van der Waals surface area (Å²) >= 11 is 0. The van der Waals surface area contributed by atoms with Crippen molar-refractivity contribution in [2.24, 2.45) is 0 Å². The Morgan fingerprint density at radius 3 is 2.37 bits per heavy atom. The molecule has 1 N–H and O–H groups in total. The first kappa shape index (κ1) is 24.2. The number of aromatic nitrogens is 3. The summed E-state index contributed by atoms with van der Waals surface area (Å²) in [6, 6.07) is 23.8. The van der Waals surface area contributed by atoms with Crippen LogP contribution in [0.2, 0.25) is 0 Å². The van der Waals surface area contributed by atoms with Crippen LogP contribution >= 0.6 is 0 Å². The van der Waals surface area contributed by atoms with E-state index in [1.54, 1.807) is 4.68 Å². The quantitative estimate of drug-likeness (QED) is 0.299. The van der Waals surface area contributed by atoms with E-state index in [1.165, 1.54) is 5.56 Å². The average molecular weight is 469 g/mol. The van der Waals surface area contributed by atoms with Crippen LogP contribution in [0.15, 0.2) is 72.8 Å². The fourth-order valence-corrected chi connectivity index (χ4v) is 3.83. The third kappa shape index (κ3) is 5.96. The summed E-state index contributed by atoms with van der Waals surface area (Å²) < 4.78 is 7.55. The predicted octanol–water partition coefficient (Wildman–Crippen LogP) is 6.62. The number of unbranched alkanes of at least 4 members (excludes halogenated alkanes) is 1. The zero-order valence-electron chi connectivity index (χ0n) is 20.8. The van der Waals surface area contributed by atoms with Crippen LogP contribution in [0, 0.1) is 6.92 Å². The zero-order valence-corrected chi connectivity index (χ0v) is 20.8. The summed E-state index contributed by atoms with van der Waals surface area (Å²) in [7, 11) is 0. The van der Waals surface area contributed by atoms with Gasteiger partial charge in [0.1, 0.15) is 0 Å². The molecular weight excluding hydrogens is 436 g/mol. The van der Waals surface area contributed by atoms with E-state index in [0.29, 0.717) is 23.1 Å². The molecule has 1 heterocycles. The lowest BCUT2D eigenvalue weighted by molar-refractivity contribution is 0.102. The molecule has 6 heteroatoms. The third-order valence-corrected chi connectivity index (χ3v) is 5.72. The fraction of sp³-hybridized carbons (Fsp3) is 0.276. The highest BCUT2D eigenvalue weighted by atomic mass is 16.5. The van der Waals surface area contributed by atoms with Crippen LogP contribution in [-0.4, -0.2) is 26.8 Å². The van der Waals surface area contributed by atoms with Gasteiger partial charge in [-0.1, -0.05) is 49.7 Å². The number of anilines is 1. The summed E-state index contributed by atoms with van der Waals surface area (Å²) in [4.78, 5) is 17.4. The largest absolute Gasteiger partial charge is 0.460 e. The Bertz CT molecular complexity index is 1280. The molecule has 0 aliphatic heterocycles. The maximum Gasteiger partial charge on any atom is 0.336 e. The number of rotatable bonds is 9. The van der Waals surface area contributed by atoms with Crippen molar-refractivity contribution in [2.75, 3.05) is 5.32 Å². The van der Waals surface area contributed by atoms with Crippen molar-refractivity contribution in [2.45, 2.75) is 53.1 Å². The number of aryl methyl sites for hydroxylation is 2. The minimum atomic E-state index is -0.131. The van der Waals surface area contributed by atoms with E-state index in [-0.39, 0.29) is 12.0 Å². The van der Waals surface area contributed by atoms with Crippen molar-refractivity contribution in [3.63, 3.8) is 0 Å². The minimum absolute atomic E-state index is 0.0335. The maximum atomic E-state index is 12.7. The Hall–Kier alpha value is -3.93. The van der Waals surface area contributed by atoms with Crippen molar-refractivity contribution in [1.82, 2.24) is 14.8 Å². The van der Waals surface area contributed by atoms with Crippen LogP contribution in [0.1, 0.15) is 55.1 Å². The van der Waals surface area contributed by atoms with E-state index in [1.807, 2.05) is 93.6 Å². The monoisotopic (exact) mass is 468 g/mol. The number of nitrogens with one attached hydrogen (secondary N) is 1. The lowest BCUT2D eigenvalue weighted by Crippen LogP contribution is -2.12. The van der Waals surface area contributed by atoms with Gasteiger partial charge in [0, 0.05) is 16.8 Å². The molecule has 0 aliphatic rings. The maximum absolute atomic E-state index is 12.7. The van der Waals surface area contributed by atoms with Crippen molar-refractivity contribution in [1.29, 1.82) is 0 Å². The SMILES string of the molecule is CCCCc1ccc(C(=O)Nc2ccc(-n3nc(OC(C)C)nc3-c3ccccc3C)cc2)cc1. The Kier molecular flexibility index (Phi) is 7.60. The number of carbonyl (C=O) groups is 1. The molecule has 0 spiro atoms. The Morgan fingerprint density at radius 2 is 1.71 bits per heavy atom. The van der Waals surface area contributed by atoms with Gasteiger partial charge in [0.15, 0.2) is 5.82 Å². The second-order valence-corrected chi connectivity index (χ2v) is 8.91. The zero-order chi connectivity index (χ0) is 24.8. The molecule has 1 aromatic heterocycles. The van der Waals surface area contributed by atoms with E-state index in [9.17, 15) is 4.79 Å². The van der Waals surface area contributed by atoms with Crippen LogP contribution in [0.5, 0.6) is 6.01 Å². The Morgan fingerprint density at radius 1 is 1.00 bits per heavy atom. The average Bonchev–Trinajstić information content (AvgIpc) is 3.26. The number of carbonyl (C=O) groups excluding carboxylic acids is 1. The molecule has 0 saturated carbocycles. The molecule has 0 saturated heterocycles. The summed E-state index contributed by atoms with van der Waals surface area (Å²) in [6.07, 6.45) is 3.32. The molecule has 0 bridgehead atoms. The van der Waals surface area contributed by atoms with Crippen molar-refractivity contribution in [3.05, 3.63) is 89.5 Å². The molecule has 180 valence electrons. The summed E-state index contributed by atoms with van der Waals surface area (Å²) in [6.45, 7) is 8.12. The van der Waals surface area contributed by atoms with E-state index in [0.717, 1.165) is 36.1 Å². The van der Waals surface area contributed by atoms with Gasteiger partial charge in [-0.25, -0.2) is 4.68 Å². The van der Waals surface area contributed by atoms with Gasteiger partial charge >= 0.3 is 6.01 Å². The van der Waals surface area contributed by atoms with Gasteiger partial charge in [0.2, 0.25) is 0 Å². The number of hydrogen-bond acceptors (Lipinski definition) is 4. The van der Waals surface area contributed by atoms with Gasteiger partial charge in [-0.15, -0.1) is 5.10 Å². The topological polar surface area (TPSA) is 69.0 Å². The first-order valence-electron chi connectivity index (χ1n) is 12.1. The van der Waals surface area contributed by atoms with Gasteiger partial charge in [-0.3, -0.25) is 4.79 Å². The minimum Gasteiger partial charge on any atom is -0.460 e. The molecule has 6 nitrogen and oxygen atoms in total. The molecule has 0 atom stereocenters. The smallest absolute Gasteiger partial charge is 0.336 e. The number of nitrogens with zero attached hydrogens (tertiary/aromatic N) is 3. The first-order chi connectivity index (χ1) is 16.9. The van der Waals surface area contributed by atoms with Gasteiger partial charge in [-0.05, 0) is 81.1 Å². The van der Waals surface area contributed by atoms with Crippen molar-refractivity contribution in [3.8, 4) is 23.1 Å². The molecular formula is C29H32N4O2. The number of hydrogen-bond donors (Lipinski definition) is 1. The molecule has 4 aromatic rings. The van der Waals surface area contributed by atoms with Gasteiger partial charge in [0.25, 0.3) is 5.91 Å². The van der Waals surface area contributed by atoms with E-state index >= 15 is 0 Å².